The normalized spacial score (nSPS) is 28.7. The number of carbonyl (C=O) groups excluding carboxylic acids is 2. The fourth-order valence-electron chi connectivity index (χ4n) is 4.34. The highest BCUT2D eigenvalue weighted by molar-refractivity contribution is 5.85. The maximum Gasteiger partial charge on any atom is 0.222 e. The summed E-state index contributed by atoms with van der Waals surface area (Å²) in [5.41, 5.74) is 0. The molecule has 2 aliphatic heterocycles. The molecule has 0 radical (unpaired) electrons. The van der Waals surface area contributed by atoms with Crippen molar-refractivity contribution < 1.29 is 14.7 Å². The molecule has 1 unspecified atom stereocenters. The van der Waals surface area contributed by atoms with Gasteiger partial charge in [-0.25, -0.2) is 0 Å². The van der Waals surface area contributed by atoms with Gasteiger partial charge in [0, 0.05) is 32.0 Å². The molecule has 3 aliphatic rings. The van der Waals surface area contributed by atoms with E-state index in [9.17, 15) is 14.7 Å². The summed E-state index contributed by atoms with van der Waals surface area (Å²) in [6.07, 6.45) is 6.63. The lowest BCUT2D eigenvalue weighted by Crippen LogP contribution is -2.53. The molecule has 0 aromatic carbocycles. The van der Waals surface area contributed by atoms with E-state index in [0.29, 0.717) is 31.2 Å². The summed E-state index contributed by atoms with van der Waals surface area (Å²) in [4.78, 5) is 26.1. The lowest BCUT2D eigenvalue weighted by Gasteiger charge is -2.43. The lowest BCUT2D eigenvalue weighted by molar-refractivity contribution is -0.134. The second-order valence-corrected chi connectivity index (χ2v) is 7.65. The Morgan fingerprint density at radius 3 is 2.60 bits per heavy atom. The van der Waals surface area contributed by atoms with E-state index in [0.717, 1.165) is 58.2 Å². The van der Waals surface area contributed by atoms with Crippen LogP contribution in [0.1, 0.15) is 51.4 Å². The van der Waals surface area contributed by atoms with E-state index in [4.69, 9.17) is 0 Å². The van der Waals surface area contributed by atoms with Crippen molar-refractivity contribution in [3.8, 4) is 0 Å². The zero-order valence-corrected chi connectivity index (χ0v) is 15.7. The number of nitrogens with zero attached hydrogens (tertiary/aromatic N) is 1. The van der Waals surface area contributed by atoms with Crippen molar-refractivity contribution in [2.24, 2.45) is 11.8 Å². The molecule has 1 aliphatic carbocycles. The SMILES string of the molecule is Cl.O=C(CCN1CCCCC1=O)NC(C1CCNCC1)C1CC(O)C1. The van der Waals surface area contributed by atoms with Crippen LogP contribution in [0.25, 0.3) is 0 Å². The molecule has 2 amide bonds. The van der Waals surface area contributed by atoms with Crippen LogP contribution in [0.2, 0.25) is 0 Å². The average Bonchev–Trinajstić information content (AvgIpc) is 2.57. The van der Waals surface area contributed by atoms with E-state index in [1.54, 1.807) is 0 Å². The van der Waals surface area contributed by atoms with E-state index in [1.807, 2.05) is 4.90 Å². The summed E-state index contributed by atoms with van der Waals surface area (Å²) >= 11 is 0. The molecule has 25 heavy (non-hydrogen) atoms. The molecular weight excluding hydrogens is 342 g/mol. The van der Waals surface area contributed by atoms with Crippen molar-refractivity contribution in [1.29, 1.82) is 0 Å². The van der Waals surface area contributed by atoms with Crippen LogP contribution in [-0.2, 0) is 9.59 Å². The number of likely N-dealkylation sites (tertiary alicyclic amines) is 1. The highest BCUT2D eigenvalue weighted by Crippen LogP contribution is 2.35. The summed E-state index contributed by atoms with van der Waals surface area (Å²) in [5, 5.41) is 16.3. The van der Waals surface area contributed by atoms with Gasteiger partial charge >= 0.3 is 0 Å². The molecule has 0 aromatic heterocycles. The van der Waals surface area contributed by atoms with Gasteiger partial charge < -0.3 is 20.6 Å². The maximum atomic E-state index is 12.4. The average molecular weight is 374 g/mol. The van der Waals surface area contributed by atoms with Gasteiger partial charge in [0.2, 0.25) is 11.8 Å². The van der Waals surface area contributed by atoms with Crippen molar-refractivity contribution in [2.45, 2.75) is 63.5 Å². The Morgan fingerprint density at radius 2 is 1.96 bits per heavy atom. The topological polar surface area (TPSA) is 81.7 Å². The Balaban J connectivity index is 0.00000225. The van der Waals surface area contributed by atoms with Gasteiger partial charge in [0.05, 0.1) is 6.10 Å². The first-order valence-electron chi connectivity index (χ1n) is 9.59. The second-order valence-electron chi connectivity index (χ2n) is 7.65. The third-order valence-electron chi connectivity index (χ3n) is 5.91. The molecule has 3 rings (SSSR count). The van der Waals surface area contributed by atoms with Crippen LogP contribution in [0.5, 0.6) is 0 Å². The van der Waals surface area contributed by atoms with Crippen molar-refractivity contribution in [3.05, 3.63) is 0 Å². The predicted molar refractivity (Wildman–Crippen MR) is 98.6 cm³/mol. The highest BCUT2D eigenvalue weighted by atomic mass is 35.5. The van der Waals surface area contributed by atoms with Crippen molar-refractivity contribution in [1.82, 2.24) is 15.5 Å². The standard InChI is InChI=1S/C18H31N3O3.ClH/c22-15-11-14(12-15)18(13-4-7-19-8-5-13)20-16(23)6-10-21-9-2-1-3-17(21)24;/h13-15,18-19,22H,1-12H2,(H,20,23);1H. The number of hydrogen-bond acceptors (Lipinski definition) is 4. The number of halogens is 1. The number of piperidine rings is 2. The van der Waals surface area contributed by atoms with E-state index >= 15 is 0 Å². The summed E-state index contributed by atoms with van der Waals surface area (Å²) in [7, 11) is 0. The largest absolute Gasteiger partial charge is 0.393 e. The molecule has 2 saturated heterocycles. The predicted octanol–water partition coefficient (Wildman–Crippen LogP) is 1.07. The third kappa shape index (κ3) is 5.56. The summed E-state index contributed by atoms with van der Waals surface area (Å²) in [6, 6.07) is 0.181. The minimum Gasteiger partial charge on any atom is -0.393 e. The van der Waals surface area contributed by atoms with E-state index in [2.05, 4.69) is 10.6 Å². The minimum absolute atomic E-state index is 0. The molecule has 3 N–H and O–H groups in total. The van der Waals surface area contributed by atoms with Crippen LogP contribution in [0.4, 0.5) is 0 Å². The van der Waals surface area contributed by atoms with E-state index in [1.165, 1.54) is 0 Å². The number of rotatable bonds is 6. The highest BCUT2D eigenvalue weighted by Gasteiger charge is 2.39. The number of nitrogens with one attached hydrogen (secondary N) is 2. The van der Waals surface area contributed by atoms with Gasteiger partial charge in [-0.3, -0.25) is 9.59 Å². The molecule has 7 heteroatoms. The molecule has 2 heterocycles. The molecule has 0 aromatic rings. The number of hydrogen-bond donors (Lipinski definition) is 3. The summed E-state index contributed by atoms with van der Waals surface area (Å²) in [5.74, 6) is 1.15. The first kappa shape index (κ1) is 20.5. The van der Waals surface area contributed by atoms with E-state index in [-0.39, 0.29) is 36.4 Å². The first-order chi connectivity index (χ1) is 11.6. The summed E-state index contributed by atoms with van der Waals surface area (Å²) < 4.78 is 0. The van der Waals surface area contributed by atoms with Gasteiger partial charge in [0.1, 0.15) is 0 Å². The quantitative estimate of drug-likeness (QED) is 0.650. The molecular formula is C18H32ClN3O3. The zero-order valence-electron chi connectivity index (χ0n) is 14.9. The van der Waals surface area contributed by atoms with Gasteiger partial charge in [-0.05, 0) is 63.5 Å². The van der Waals surface area contributed by atoms with Crippen LogP contribution in [0.3, 0.4) is 0 Å². The fraction of sp³-hybridized carbons (Fsp3) is 0.889. The van der Waals surface area contributed by atoms with Crippen LogP contribution in [-0.4, -0.2) is 60.1 Å². The van der Waals surface area contributed by atoms with Crippen LogP contribution >= 0.6 is 12.4 Å². The van der Waals surface area contributed by atoms with Crippen molar-refractivity contribution >= 4 is 24.2 Å². The first-order valence-corrected chi connectivity index (χ1v) is 9.59. The van der Waals surface area contributed by atoms with Crippen molar-refractivity contribution in [3.63, 3.8) is 0 Å². The number of aliphatic hydroxyl groups excluding tert-OH is 1. The monoisotopic (exact) mass is 373 g/mol. The van der Waals surface area contributed by atoms with E-state index < -0.39 is 0 Å². The second kappa shape index (κ2) is 9.74. The van der Waals surface area contributed by atoms with Gasteiger partial charge in [0.15, 0.2) is 0 Å². The molecule has 0 spiro atoms. The number of amides is 2. The third-order valence-corrected chi connectivity index (χ3v) is 5.91. The Kier molecular flexibility index (Phi) is 7.97. The lowest BCUT2D eigenvalue weighted by atomic mass is 9.71. The summed E-state index contributed by atoms with van der Waals surface area (Å²) in [6.45, 7) is 3.35. The molecule has 3 fully saturated rings. The van der Waals surface area contributed by atoms with Gasteiger partial charge in [0.25, 0.3) is 0 Å². The Hall–Kier alpha value is -0.850. The molecule has 6 nitrogen and oxygen atoms in total. The Labute approximate surface area is 156 Å². The molecule has 0 bridgehead atoms. The Morgan fingerprint density at radius 1 is 1.24 bits per heavy atom. The van der Waals surface area contributed by atoms with Gasteiger partial charge in [-0.2, -0.15) is 0 Å². The smallest absolute Gasteiger partial charge is 0.222 e. The van der Waals surface area contributed by atoms with Crippen LogP contribution in [0.15, 0.2) is 0 Å². The molecule has 1 saturated carbocycles. The minimum atomic E-state index is -0.193. The molecule has 1 atom stereocenters. The fourth-order valence-corrected chi connectivity index (χ4v) is 4.34. The maximum absolute atomic E-state index is 12.4. The van der Waals surface area contributed by atoms with Gasteiger partial charge in [-0.1, -0.05) is 0 Å². The zero-order chi connectivity index (χ0) is 16.9. The molecule has 144 valence electrons. The van der Waals surface area contributed by atoms with Gasteiger partial charge in [-0.15, -0.1) is 12.4 Å². The van der Waals surface area contributed by atoms with Crippen LogP contribution < -0.4 is 10.6 Å². The van der Waals surface area contributed by atoms with Crippen LogP contribution in [0, 0.1) is 11.8 Å². The van der Waals surface area contributed by atoms with Crippen molar-refractivity contribution in [2.75, 3.05) is 26.2 Å². The number of carbonyl (C=O) groups is 2. The Bertz CT molecular complexity index is 451. The number of aliphatic hydroxyl groups is 1.